The van der Waals surface area contributed by atoms with Crippen LogP contribution < -0.4 is 5.32 Å². The van der Waals surface area contributed by atoms with E-state index in [1.807, 2.05) is 12.4 Å². The quantitative estimate of drug-likeness (QED) is 0.822. The Morgan fingerprint density at radius 1 is 1.59 bits per heavy atom. The van der Waals surface area contributed by atoms with Crippen molar-refractivity contribution in [3.05, 3.63) is 18.2 Å². The Kier molecular flexibility index (Phi) is 4.18. The largest absolute Gasteiger partial charge is 0.374 e. The smallest absolute Gasteiger partial charge is 0.122 e. The van der Waals surface area contributed by atoms with E-state index >= 15 is 0 Å². The predicted molar refractivity (Wildman–Crippen MR) is 67.8 cm³/mol. The Morgan fingerprint density at radius 3 is 3.18 bits per heavy atom. The van der Waals surface area contributed by atoms with Gasteiger partial charge in [-0.15, -0.1) is 0 Å². The van der Waals surface area contributed by atoms with Crippen LogP contribution in [-0.4, -0.2) is 28.3 Å². The molecule has 96 valence electrons. The zero-order valence-corrected chi connectivity index (χ0v) is 10.9. The van der Waals surface area contributed by atoms with Crippen molar-refractivity contribution in [2.24, 2.45) is 0 Å². The molecule has 1 atom stereocenters. The van der Waals surface area contributed by atoms with Crippen molar-refractivity contribution in [3.63, 3.8) is 0 Å². The normalized spacial score (nSPS) is 24.4. The molecule has 0 radical (unpaired) electrons. The molecule has 0 spiro atoms. The maximum Gasteiger partial charge on any atom is 0.122 e. The number of imidazole rings is 1. The van der Waals surface area contributed by atoms with E-state index in [4.69, 9.17) is 4.74 Å². The van der Waals surface area contributed by atoms with Crippen LogP contribution in [0.5, 0.6) is 0 Å². The molecule has 0 aromatic carbocycles. The van der Waals surface area contributed by atoms with Crippen molar-refractivity contribution in [1.29, 1.82) is 0 Å². The van der Waals surface area contributed by atoms with Crippen molar-refractivity contribution in [3.8, 4) is 0 Å². The van der Waals surface area contributed by atoms with E-state index < -0.39 is 0 Å². The molecule has 1 aliphatic rings. The second-order valence-corrected chi connectivity index (χ2v) is 5.04. The lowest BCUT2D eigenvalue weighted by Gasteiger charge is -2.23. The predicted octanol–water partition coefficient (Wildman–Crippen LogP) is 1.95. The molecule has 17 heavy (non-hydrogen) atoms. The molecule has 0 saturated carbocycles. The van der Waals surface area contributed by atoms with Crippen LogP contribution in [0.15, 0.2) is 12.4 Å². The average Bonchev–Trinajstić information content (AvgIpc) is 2.90. The van der Waals surface area contributed by atoms with Crippen LogP contribution in [0.3, 0.4) is 0 Å². The highest BCUT2D eigenvalue weighted by atomic mass is 16.5. The molecule has 4 nitrogen and oxygen atoms in total. The number of aryl methyl sites for hydroxylation is 1. The fourth-order valence-corrected chi connectivity index (χ4v) is 2.37. The number of hydrogen-bond acceptors (Lipinski definition) is 3. The molecule has 0 aliphatic carbocycles. The number of rotatable bonds is 6. The zero-order valence-electron chi connectivity index (χ0n) is 10.9. The van der Waals surface area contributed by atoms with E-state index in [-0.39, 0.29) is 5.60 Å². The van der Waals surface area contributed by atoms with Gasteiger partial charge in [-0.05, 0) is 26.2 Å². The molecule has 2 rings (SSSR count). The van der Waals surface area contributed by atoms with Gasteiger partial charge in [0.1, 0.15) is 5.82 Å². The number of nitrogens with zero attached hydrogens (tertiary/aromatic N) is 2. The SMILES string of the molecule is CCCn1ccnc1CNCC1(C)CCCO1. The highest BCUT2D eigenvalue weighted by Gasteiger charge is 2.29. The van der Waals surface area contributed by atoms with Crippen LogP contribution >= 0.6 is 0 Å². The first kappa shape index (κ1) is 12.6. The summed E-state index contributed by atoms with van der Waals surface area (Å²) < 4.78 is 7.96. The molecule has 1 aliphatic heterocycles. The summed E-state index contributed by atoms with van der Waals surface area (Å²) >= 11 is 0. The summed E-state index contributed by atoms with van der Waals surface area (Å²) in [5, 5.41) is 3.46. The average molecular weight is 237 g/mol. The first-order chi connectivity index (χ1) is 8.23. The Labute approximate surface area is 103 Å². The van der Waals surface area contributed by atoms with Gasteiger partial charge in [-0.2, -0.15) is 0 Å². The topological polar surface area (TPSA) is 39.1 Å². The van der Waals surface area contributed by atoms with E-state index in [1.54, 1.807) is 0 Å². The second kappa shape index (κ2) is 5.65. The monoisotopic (exact) mass is 237 g/mol. The number of ether oxygens (including phenoxy) is 1. The van der Waals surface area contributed by atoms with Gasteiger partial charge >= 0.3 is 0 Å². The molecular formula is C13H23N3O. The van der Waals surface area contributed by atoms with Crippen molar-refractivity contribution >= 4 is 0 Å². The van der Waals surface area contributed by atoms with Gasteiger partial charge in [0.05, 0.1) is 12.1 Å². The molecule has 1 unspecified atom stereocenters. The summed E-state index contributed by atoms with van der Waals surface area (Å²) in [6.07, 6.45) is 7.41. The molecule has 0 amide bonds. The lowest BCUT2D eigenvalue weighted by molar-refractivity contribution is 0.0205. The second-order valence-electron chi connectivity index (χ2n) is 5.04. The molecule has 2 heterocycles. The van der Waals surface area contributed by atoms with Crippen molar-refractivity contribution in [2.45, 2.75) is 51.8 Å². The van der Waals surface area contributed by atoms with E-state index in [1.165, 1.54) is 6.42 Å². The summed E-state index contributed by atoms with van der Waals surface area (Å²) in [5.74, 6) is 1.12. The molecule has 4 heteroatoms. The van der Waals surface area contributed by atoms with Gasteiger partial charge in [0, 0.05) is 32.1 Å². The van der Waals surface area contributed by atoms with Crippen LogP contribution in [-0.2, 0) is 17.8 Å². The maximum atomic E-state index is 5.75. The fraction of sp³-hybridized carbons (Fsp3) is 0.769. The third-order valence-corrected chi connectivity index (χ3v) is 3.35. The van der Waals surface area contributed by atoms with Gasteiger partial charge in [0.15, 0.2) is 0 Å². The highest BCUT2D eigenvalue weighted by molar-refractivity contribution is 4.93. The third kappa shape index (κ3) is 3.30. The van der Waals surface area contributed by atoms with Gasteiger partial charge in [-0.25, -0.2) is 4.98 Å². The summed E-state index contributed by atoms with van der Waals surface area (Å²) in [6, 6.07) is 0. The van der Waals surface area contributed by atoms with Gasteiger partial charge in [0.25, 0.3) is 0 Å². The Morgan fingerprint density at radius 2 is 2.47 bits per heavy atom. The van der Waals surface area contributed by atoms with Crippen LogP contribution in [0.2, 0.25) is 0 Å². The van der Waals surface area contributed by atoms with Gasteiger partial charge < -0.3 is 14.6 Å². The molecule has 1 N–H and O–H groups in total. The van der Waals surface area contributed by atoms with E-state index in [2.05, 4.69) is 28.7 Å². The highest BCUT2D eigenvalue weighted by Crippen LogP contribution is 2.23. The molecular weight excluding hydrogens is 214 g/mol. The first-order valence-corrected chi connectivity index (χ1v) is 6.58. The Hall–Kier alpha value is -0.870. The first-order valence-electron chi connectivity index (χ1n) is 6.58. The number of hydrogen-bond donors (Lipinski definition) is 1. The maximum absolute atomic E-state index is 5.75. The third-order valence-electron chi connectivity index (χ3n) is 3.35. The molecule has 1 saturated heterocycles. The number of aromatic nitrogens is 2. The molecule has 1 fully saturated rings. The van der Waals surface area contributed by atoms with E-state index in [0.717, 1.165) is 44.9 Å². The van der Waals surface area contributed by atoms with Gasteiger partial charge in [-0.3, -0.25) is 0 Å². The minimum Gasteiger partial charge on any atom is -0.374 e. The van der Waals surface area contributed by atoms with Crippen LogP contribution in [0.25, 0.3) is 0 Å². The summed E-state index contributed by atoms with van der Waals surface area (Å²) in [7, 11) is 0. The van der Waals surface area contributed by atoms with Gasteiger partial charge in [0.2, 0.25) is 0 Å². The lowest BCUT2D eigenvalue weighted by Crippen LogP contribution is -2.37. The minimum atomic E-state index is 0.0299. The minimum absolute atomic E-state index is 0.0299. The standard InChI is InChI=1S/C13H23N3O/c1-3-7-16-8-6-15-12(16)10-14-11-13(2)5-4-9-17-13/h6,8,14H,3-5,7,9-11H2,1-2H3. The van der Waals surface area contributed by atoms with Crippen molar-refractivity contribution < 1.29 is 4.74 Å². The summed E-state index contributed by atoms with van der Waals surface area (Å²) in [6.45, 7) is 8.06. The van der Waals surface area contributed by atoms with Crippen LogP contribution in [0.4, 0.5) is 0 Å². The van der Waals surface area contributed by atoms with E-state index in [9.17, 15) is 0 Å². The fourth-order valence-electron chi connectivity index (χ4n) is 2.37. The number of nitrogens with one attached hydrogen (secondary N) is 1. The molecule has 1 aromatic rings. The van der Waals surface area contributed by atoms with Crippen LogP contribution in [0, 0.1) is 0 Å². The zero-order chi connectivity index (χ0) is 12.1. The van der Waals surface area contributed by atoms with E-state index in [0.29, 0.717) is 0 Å². The lowest BCUT2D eigenvalue weighted by atomic mass is 10.0. The van der Waals surface area contributed by atoms with Crippen molar-refractivity contribution in [2.75, 3.05) is 13.2 Å². The summed E-state index contributed by atoms with van der Waals surface area (Å²) in [4.78, 5) is 4.38. The van der Waals surface area contributed by atoms with Crippen LogP contribution in [0.1, 0.15) is 38.9 Å². The summed E-state index contributed by atoms with van der Waals surface area (Å²) in [5.41, 5.74) is 0.0299. The Balaban J connectivity index is 1.79. The molecule has 1 aromatic heterocycles. The van der Waals surface area contributed by atoms with Crippen molar-refractivity contribution in [1.82, 2.24) is 14.9 Å². The Bertz CT molecular complexity index is 342. The van der Waals surface area contributed by atoms with Gasteiger partial charge in [-0.1, -0.05) is 6.92 Å². The molecule has 0 bridgehead atoms.